The molecule has 5 heteroatoms. The summed E-state index contributed by atoms with van der Waals surface area (Å²) in [6.07, 6.45) is 1.55. The number of nitrogens with zero attached hydrogens (tertiary/aromatic N) is 1. The summed E-state index contributed by atoms with van der Waals surface area (Å²) in [4.78, 5) is 15.6. The molecule has 0 atom stereocenters. The minimum absolute atomic E-state index is 0.106. The van der Waals surface area contributed by atoms with Crippen molar-refractivity contribution in [3.8, 4) is 0 Å². The quantitative estimate of drug-likeness (QED) is 0.817. The van der Waals surface area contributed by atoms with Crippen LogP contribution in [0.25, 0.3) is 0 Å². The van der Waals surface area contributed by atoms with Crippen molar-refractivity contribution in [1.29, 1.82) is 0 Å². The Morgan fingerprint density at radius 1 is 1.67 bits per heavy atom. The molecule has 0 fully saturated rings. The largest absolute Gasteiger partial charge is 0.394 e. The Morgan fingerprint density at radius 3 is 2.87 bits per heavy atom. The van der Waals surface area contributed by atoms with E-state index in [9.17, 15) is 4.79 Å². The van der Waals surface area contributed by atoms with Gasteiger partial charge in [0.1, 0.15) is 4.60 Å². The maximum atomic E-state index is 11.7. The van der Waals surface area contributed by atoms with Gasteiger partial charge in [0.2, 0.25) is 0 Å². The van der Waals surface area contributed by atoms with Crippen molar-refractivity contribution in [1.82, 2.24) is 10.3 Å². The summed E-state index contributed by atoms with van der Waals surface area (Å²) in [6.45, 7) is 3.40. The zero-order chi connectivity index (χ0) is 11.5. The highest BCUT2D eigenvalue weighted by molar-refractivity contribution is 9.10. The molecule has 0 aliphatic heterocycles. The molecule has 0 spiro atoms. The van der Waals surface area contributed by atoms with Gasteiger partial charge in [0, 0.05) is 11.8 Å². The van der Waals surface area contributed by atoms with Gasteiger partial charge in [-0.15, -0.1) is 0 Å². The second kappa shape index (κ2) is 4.72. The molecule has 0 saturated carbocycles. The zero-order valence-electron chi connectivity index (χ0n) is 8.62. The first-order valence-corrected chi connectivity index (χ1v) is 5.29. The van der Waals surface area contributed by atoms with Gasteiger partial charge in [-0.05, 0) is 41.9 Å². The monoisotopic (exact) mass is 272 g/mol. The molecule has 0 aromatic carbocycles. The van der Waals surface area contributed by atoms with Crippen molar-refractivity contribution in [3.63, 3.8) is 0 Å². The summed E-state index contributed by atoms with van der Waals surface area (Å²) in [7, 11) is 0. The fourth-order valence-electron chi connectivity index (χ4n) is 0.963. The summed E-state index contributed by atoms with van der Waals surface area (Å²) in [5.41, 5.74) is -0.106. The summed E-state index contributed by atoms with van der Waals surface area (Å²) in [5.74, 6) is -0.225. The van der Waals surface area contributed by atoms with Gasteiger partial charge in [0.15, 0.2) is 0 Å². The number of aromatic nitrogens is 1. The number of aliphatic hydroxyl groups excluding tert-OH is 1. The second-order valence-electron chi connectivity index (χ2n) is 3.86. The molecular formula is C10H13BrN2O2. The van der Waals surface area contributed by atoms with Crippen molar-refractivity contribution in [2.24, 2.45) is 0 Å². The maximum absolute atomic E-state index is 11.7. The number of aliphatic hydroxyl groups is 1. The normalized spacial score (nSPS) is 11.2. The first kappa shape index (κ1) is 12.1. The highest BCUT2D eigenvalue weighted by Gasteiger charge is 2.19. The Morgan fingerprint density at radius 2 is 2.33 bits per heavy atom. The van der Waals surface area contributed by atoms with E-state index in [0.29, 0.717) is 10.2 Å². The van der Waals surface area contributed by atoms with Gasteiger partial charge in [-0.2, -0.15) is 0 Å². The van der Waals surface area contributed by atoms with Crippen LogP contribution in [-0.4, -0.2) is 28.1 Å². The number of halogens is 1. The molecule has 2 N–H and O–H groups in total. The highest BCUT2D eigenvalue weighted by Crippen LogP contribution is 2.09. The van der Waals surface area contributed by atoms with Gasteiger partial charge >= 0.3 is 0 Å². The number of rotatable bonds is 3. The van der Waals surface area contributed by atoms with Gasteiger partial charge in [-0.3, -0.25) is 4.79 Å². The third-order valence-corrected chi connectivity index (χ3v) is 2.27. The Kier molecular flexibility index (Phi) is 3.82. The van der Waals surface area contributed by atoms with E-state index in [2.05, 4.69) is 26.2 Å². The van der Waals surface area contributed by atoms with Crippen LogP contribution in [0, 0.1) is 0 Å². The van der Waals surface area contributed by atoms with Crippen molar-refractivity contribution in [3.05, 3.63) is 28.5 Å². The SMILES string of the molecule is CC(C)(CO)NC(=O)c1ccnc(Br)c1. The van der Waals surface area contributed by atoms with Crippen LogP contribution in [0.3, 0.4) is 0 Å². The fourth-order valence-corrected chi connectivity index (χ4v) is 1.33. The molecule has 1 aromatic heterocycles. The standard InChI is InChI=1S/C10H13BrN2O2/c1-10(2,6-14)13-9(15)7-3-4-12-8(11)5-7/h3-5,14H,6H2,1-2H3,(H,13,15). The molecule has 0 saturated heterocycles. The lowest BCUT2D eigenvalue weighted by Gasteiger charge is -2.23. The smallest absolute Gasteiger partial charge is 0.251 e. The van der Waals surface area contributed by atoms with Gasteiger partial charge in [-0.25, -0.2) is 4.98 Å². The number of amides is 1. The third-order valence-electron chi connectivity index (χ3n) is 1.84. The van der Waals surface area contributed by atoms with Gasteiger partial charge in [0.05, 0.1) is 12.1 Å². The van der Waals surface area contributed by atoms with E-state index < -0.39 is 5.54 Å². The molecule has 1 amide bonds. The van der Waals surface area contributed by atoms with Gasteiger partial charge in [-0.1, -0.05) is 0 Å². The van der Waals surface area contributed by atoms with E-state index >= 15 is 0 Å². The lowest BCUT2D eigenvalue weighted by molar-refractivity contribution is 0.0869. The number of nitrogens with one attached hydrogen (secondary N) is 1. The Bertz CT molecular complexity index is 366. The number of pyridine rings is 1. The van der Waals surface area contributed by atoms with Crippen LogP contribution in [0.2, 0.25) is 0 Å². The highest BCUT2D eigenvalue weighted by atomic mass is 79.9. The first-order chi connectivity index (χ1) is 6.94. The predicted octanol–water partition coefficient (Wildman–Crippen LogP) is 1.34. The lowest BCUT2D eigenvalue weighted by atomic mass is 10.1. The zero-order valence-corrected chi connectivity index (χ0v) is 10.2. The molecule has 0 bridgehead atoms. The first-order valence-electron chi connectivity index (χ1n) is 4.49. The fraction of sp³-hybridized carbons (Fsp3) is 0.400. The van der Waals surface area contributed by atoms with Crippen LogP contribution >= 0.6 is 15.9 Å². The van der Waals surface area contributed by atoms with E-state index in [1.54, 1.807) is 32.2 Å². The average molecular weight is 273 g/mol. The third kappa shape index (κ3) is 3.60. The average Bonchev–Trinajstić information content (AvgIpc) is 2.17. The minimum atomic E-state index is -0.618. The summed E-state index contributed by atoms with van der Waals surface area (Å²) in [6, 6.07) is 3.25. The van der Waals surface area contributed by atoms with E-state index in [1.165, 1.54) is 0 Å². The molecule has 0 radical (unpaired) electrons. The van der Waals surface area contributed by atoms with Gasteiger partial charge in [0.25, 0.3) is 5.91 Å². The molecule has 1 rings (SSSR count). The minimum Gasteiger partial charge on any atom is -0.394 e. The van der Waals surface area contributed by atoms with Crippen LogP contribution in [0.4, 0.5) is 0 Å². The Hall–Kier alpha value is -0.940. The van der Waals surface area contributed by atoms with Crippen LogP contribution < -0.4 is 5.32 Å². The van der Waals surface area contributed by atoms with Crippen LogP contribution in [-0.2, 0) is 0 Å². The number of hydrogen-bond acceptors (Lipinski definition) is 3. The van der Waals surface area contributed by atoms with E-state index in [0.717, 1.165) is 0 Å². The van der Waals surface area contributed by atoms with Gasteiger partial charge < -0.3 is 10.4 Å². The molecule has 82 valence electrons. The van der Waals surface area contributed by atoms with Crippen LogP contribution in [0.1, 0.15) is 24.2 Å². The van der Waals surface area contributed by atoms with Crippen LogP contribution in [0.5, 0.6) is 0 Å². The number of hydrogen-bond donors (Lipinski definition) is 2. The van der Waals surface area contributed by atoms with Crippen molar-refractivity contribution in [2.75, 3.05) is 6.61 Å². The predicted molar refractivity (Wildman–Crippen MR) is 60.6 cm³/mol. The Labute approximate surface area is 96.8 Å². The van der Waals surface area contributed by atoms with Crippen LogP contribution in [0.15, 0.2) is 22.9 Å². The Balaban J connectivity index is 2.78. The lowest BCUT2D eigenvalue weighted by Crippen LogP contribution is -2.46. The van der Waals surface area contributed by atoms with Crippen molar-refractivity contribution < 1.29 is 9.90 Å². The molecule has 0 aliphatic carbocycles. The topological polar surface area (TPSA) is 62.2 Å². The molecule has 1 heterocycles. The van der Waals surface area contributed by atoms with Crippen molar-refractivity contribution in [2.45, 2.75) is 19.4 Å². The van der Waals surface area contributed by atoms with Crippen molar-refractivity contribution >= 4 is 21.8 Å². The number of carbonyl (C=O) groups excluding carboxylic acids is 1. The molecule has 0 aliphatic rings. The van der Waals surface area contributed by atoms with E-state index in [-0.39, 0.29) is 12.5 Å². The number of carbonyl (C=O) groups is 1. The molecule has 1 aromatic rings. The van der Waals surface area contributed by atoms with E-state index in [4.69, 9.17) is 5.11 Å². The molecule has 15 heavy (non-hydrogen) atoms. The second-order valence-corrected chi connectivity index (χ2v) is 4.68. The summed E-state index contributed by atoms with van der Waals surface area (Å²) >= 11 is 3.19. The molecular weight excluding hydrogens is 260 g/mol. The van der Waals surface area contributed by atoms with E-state index in [1.807, 2.05) is 0 Å². The summed E-state index contributed by atoms with van der Waals surface area (Å²) in [5, 5.41) is 11.7. The summed E-state index contributed by atoms with van der Waals surface area (Å²) < 4.78 is 0.608. The molecule has 4 nitrogen and oxygen atoms in total. The maximum Gasteiger partial charge on any atom is 0.251 e. The molecule has 0 unspecified atom stereocenters.